The molecule has 0 heterocycles. The van der Waals surface area contributed by atoms with Crippen molar-refractivity contribution in [3.05, 3.63) is 5.75 Å². The Bertz CT molecular complexity index is 305. The van der Waals surface area contributed by atoms with Gasteiger partial charge in [0.25, 0.3) is 0 Å². The van der Waals surface area contributed by atoms with E-state index in [2.05, 4.69) is 4.18 Å². The van der Waals surface area contributed by atoms with Gasteiger partial charge >= 0.3 is 0 Å². The summed E-state index contributed by atoms with van der Waals surface area (Å²) >= 11 is 0. The molecule has 0 rings (SSSR count). The van der Waals surface area contributed by atoms with Gasteiger partial charge in [-0.1, -0.05) is 0 Å². The smallest absolute Gasteiger partial charge is 0.239 e. The largest absolute Gasteiger partial charge is 0.275 e. The third-order valence-electron chi connectivity index (χ3n) is 0.829. The first-order valence-electron chi connectivity index (χ1n) is 2.58. The van der Waals surface area contributed by atoms with Crippen LogP contribution < -0.4 is 0 Å². The third kappa shape index (κ3) is 9.86. The summed E-state index contributed by atoms with van der Waals surface area (Å²) in [5.41, 5.74) is 0. The molecule has 5 nitrogen and oxygen atoms in total. The summed E-state index contributed by atoms with van der Waals surface area (Å²) in [7, 11) is -6.06. The molecule has 0 aliphatic carbocycles. The summed E-state index contributed by atoms with van der Waals surface area (Å²) in [5, 5.41) is 0. The molecule has 9 heteroatoms. The number of hydrogen-bond acceptors (Lipinski definition) is 5. The average Bonchev–Trinajstić information content (AvgIpc) is 1.83. The summed E-state index contributed by atoms with van der Waals surface area (Å²) in [6, 6.07) is 0. The van der Waals surface area contributed by atoms with Crippen LogP contribution in [0.15, 0.2) is 0 Å². The van der Waals surface area contributed by atoms with Crippen LogP contribution in [0.1, 0.15) is 0 Å². The molecular formula is C4H9O5Rf2S2-. The van der Waals surface area contributed by atoms with E-state index in [-0.39, 0.29) is 0 Å². The second-order valence-corrected chi connectivity index (χ2v) is 5.66. The number of rotatable bonds is 4. The minimum absolute atomic E-state index is 0. The Balaban J connectivity index is -0.000000500. The Kier molecular flexibility index (Phi) is 6.15. The van der Waals surface area contributed by atoms with Crippen LogP contribution in [-0.2, 0) is 24.1 Å². The van der Waals surface area contributed by atoms with Gasteiger partial charge in [0.15, 0.2) is 0 Å². The summed E-state index contributed by atoms with van der Waals surface area (Å²) < 4.78 is 45.9. The van der Waals surface area contributed by atoms with Gasteiger partial charge in [0.1, 0.15) is 0 Å². The van der Waals surface area contributed by atoms with Crippen molar-refractivity contribution < 1.29 is 21.0 Å². The van der Waals surface area contributed by atoms with Gasteiger partial charge in [-0.15, -0.1) is 0 Å². The van der Waals surface area contributed by atoms with Crippen molar-refractivity contribution in [1.29, 1.82) is 0 Å². The summed E-state index contributed by atoms with van der Waals surface area (Å²) in [6.45, 7) is 0. The molecule has 0 fully saturated rings. The van der Waals surface area contributed by atoms with Crippen LogP contribution in [0.25, 0.3) is 0 Å². The fourth-order valence-electron chi connectivity index (χ4n) is 0.275. The molecule has 0 aliphatic rings. The molecule has 0 aliphatic heterocycles. The summed E-state index contributed by atoms with van der Waals surface area (Å²) in [4.78, 5) is 0. The van der Waals surface area contributed by atoms with E-state index in [1.54, 1.807) is 0 Å². The second kappa shape index (κ2) is 4.68. The van der Waals surface area contributed by atoms with Crippen molar-refractivity contribution in [3.8, 4) is 0 Å². The van der Waals surface area contributed by atoms with Crippen LogP contribution >= 0.6 is 0 Å². The third-order valence-corrected chi connectivity index (χ3v) is 2.89. The Morgan fingerprint density at radius 2 is 1.54 bits per heavy atom. The van der Waals surface area contributed by atoms with E-state index in [0.29, 0.717) is 5.75 Å². The van der Waals surface area contributed by atoms with E-state index in [1.807, 2.05) is 0 Å². The minimum Gasteiger partial charge on any atom is -0.275 e. The van der Waals surface area contributed by atoms with E-state index in [0.717, 1.165) is 13.4 Å². The van der Waals surface area contributed by atoms with Crippen LogP contribution in [-0.4, -0.2) is 36.0 Å². The quantitative estimate of drug-likeness (QED) is 0.279. The fourth-order valence-corrected chi connectivity index (χ4v) is 2.07. The molecule has 0 aromatic rings. The molecule has 72 valence electrons. The zero-order valence-corrected chi connectivity index (χ0v) is 22.0. The van der Waals surface area contributed by atoms with Crippen molar-refractivity contribution in [2.75, 3.05) is 19.1 Å². The van der Waals surface area contributed by atoms with Gasteiger partial charge in [-0.3, -0.25) is 12.6 Å². The van der Waals surface area contributed by atoms with Crippen LogP contribution in [0.2, 0.25) is 0 Å². The maximum atomic E-state index is 10.5. The fraction of sp³-hybridized carbons (Fsp3) is 0.750. The number of sulfone groups is 1. The van der Waals surface area contributed by atoms with E-state index >= 15 is 0 Å². The van der Waals surface area contributed by atoms with Crippen LogP contribution in [0.3, 0.4) is 0 Å². The van der Waals surface area contributed by atoms with Gasteiger partial charge in [0, 0.05) is 16.1 Å². The normalized spacial score (nSPS) is 11.2. The van der Waals surface area contributed by atoms with Crippen LogP contribution in [0.4, 0.5) is 0 Å². The zero-order valence-electron chi connectivity index (χ0n) is 7.56. The molecule has 0 amide bonds. The molecule has 0 bridgehead atoms. The summed E-state index contributed by atoms with van der Waals surface area (Å²) in [6.07, 6.45) is 0.915. The Morgan fingerprint density at radius 1 is 1.15 bits per heavy atom. The van der Waals surface area contributed by atoms with Gasteiger partial charge in [-0.25, -0.2) is 8.42 Å². The molecule has 0 N–H and O–H groups in total. The second-order valence-electron chi connectivity index (χ2n) is 1.89. The maximum Gasteiger partial charge on any atom is 0.239 e. The average molecular weight is 735 g/mol. The van der Waals surface area contributed by atoms with Crippen molar-refractivity contribution in [3.63, 3.8) is 0 Å². The molecule has 0 spiro atoms. The topological polar surface area (TPSA) is 77.5 Å². The van der Waals surface area contributed by atoms with Crippen LogP contribution in [0, 0.1) is 5.75 Å². The van der Waals surface area contributed by atoms with E-state index in [4.69, 9.17) is 0 Å². The van der Waals surface area contributed by atoms with E-state index in [9.17, 15) is 16.8 Å². The molecule has 13 heavy (non-hydrogen) atoms. The SMILES string of the molecule is COS(=O)(=O)C[CH-]S(C)(=O)=O.[Rf].[Rf]. The van der Waals surface area contributed by atoms with Gasteiger partial charge < -0.3 is 0 Å². The Hall–Kier alpha value is -2.14. The van der Waals surface area contributed by atoms with Gasteiger partial charge in [0.05, 0.1) is 7.11 Å². The molecule has 0 saturated heterocycles. The van der Waals surface area contributed by atoms with Gasteiger partial charge in [-0.05, 0) is 5.75 Å². The Labute approximate surface area is 66.4 Å². The van der Waals surface area contributed by atoms with Gasteiger partial charge in [0.2, 0.25) is 10.1 Å². The molecule has 0 aromatic carbocycles. The van der Waals surface area contributed by atoms with Gasteiger partial charge in [-0.2, -0.15) is 5.75 Å². The standard InChI is InChI=1S/C4H9O5S2.2Rf/c1-9-11(7,8)4-3-10(2,5)6;;/h3H,4H2,1-2H3;;/q-1;;. The minimum atomic E-state index is -3.69. The van der Waals surface area contributed by atoms with Crippen molar-refractivity contribution in [1.82, 2.24) is 0 Å². The summed E-state index contributed by atoms with van der Waals surface area (Å²) in [5.74, 6) is 0.0775. The first-order valence-corrected chi connectivity index (χ1v) is 6.11. The molecule has 0 radical (unpaired) electrons. The van der Waals surface area contributed by atoms with E-state index in [1.165, 1.54) is 0 Å². The van der Waals surface area contributed by atoms with Crippen LogP contribution in [0.5, 0.6) is 0 Å². The Morgan fingerprint density at radius 3 is 1.77 bits per heavy atom. The van der Waals surface area contributed by atoms with Crippen molar-refractivity contribution >= 4 is 20.0 Å². The molecule has 0 unspecified atom stereocenters. The first kappa shape index (κ1) is 17.1. The molecule has 0 atom stereocenters. The predicted molar refractivity (Wildman–Crippen MR) is 39.9 cm³/mol. The predicted octanol–water partition coefficient (Wildman–Crippen LogP) is -0.831. The van der Waals surface area contributed by atoms with E-state index < -0.39 is 25.7 Å². The molecule has 0 aromatic heterocycles. The maximum absolute atomic E-state index is 10.5. The zero-order chi connectivity index (χ0) is 9.12. The molecule has 0 saturated carbocycles. The van der Waals surface area contributed by atoms with Crippen molar-refractivity contribution in [2.45, 2.75) is 0 Å². The monoisotopic (exact) mass is 735 g/mol. The number of hydrogen-bond donors (Lipinski definition) is 0. The first-order chi connectivity index (χ1) is 4.77. The molecular weight excluding hydrogens is 726 g/mol. The van der Waals surface area contributed by atoms with Crippen molar-refractivity contribution in [2.24, 2.45) is 0 Å².